The molecule has 7 rings (SSSR count). The largest absolute Gasteiger partial charge is 0.490 e. The summed E-state index contributed by atoms with van der Waals surface area (Å²) >= 11 is 0. The van der Waals surface area contributed by atoms with Crippen molar-refractivity contribution in [2.24, 2.45) is 0 Å². The Hall–Kier alpha value is -5.16. The summed E-state index contributed by atoms with van der Waals surface area (Å²) in [5.41, 5.74) is 9.51. The molecule has 0 spiro atoms. The average Bonchev–Trinajstić information content (AvgIpc) is 3.41. The second kappa shape index (κ2) is 12.4. The Bertz CT molecular complexity index is 1790. The second-order valence-electron chi connectivity index (χ2n) is 11.1. The molecule has 6 aromatic carbocycles. The van der Waals surface area contributed by atoms with E-state index in [1.807, 2.05) is 36.4 Å². The first-order valence-corrected chi connectivity index (χ1v) is 15.3. The molecule has 0 unspecified atom stereocenters. The summed E-state index contributed by atoms with van der Waals surface area (Å²) in [4.78, 5) is 0. The Kier molecular flexibility index (Phi) is 7.91. The second-order valence-corrected chi connectivity index (χ2v) is 11.1. The molecule has 0 aromatic heterocycles. The normalized spacial score (nSPS) is 12.8. The smallest absolute Gasteiger partial charge is 0.132 e. The number of rotatable bonds is 10. The highest BCUT2D eigenvalue weighted by molar-refractivity contribution is 5.90. The Balaban J connectivity index is 1.65. The minimum Gasteiger partial charge on any atom is -0.490 e. The number of aliphatic hydroxyl groups is 2. The van der Waals surface area contributed by atoms with Crippen molar-refractivity contribution in [2.45, 2.75) is 5.41 Å². The molecule has 0 radical (unpaired) electrons. The number of para-hydroxylation sites is 2. The van der Waals surface area contributed by atoms with Crippen molar-refractivity contribution >= 4 is 0 Å². The van der Waals surface area contributed by atoms with Gasteiger partial charge in [-0.05, 0) is 33.4 Å². The number of hydrogen-bond acceptors (Lipinski definition) is 4. The molecule has 0 aliphatic heterocycles. The van der Waals surface area contributed by atoms with Crippen LogP contribution in [-0.2, 0) is 5.41 Å². The van der Waals surface area contributed by atoms with Gasteiger partial charge in [0.25, 0.3) is 0 Å². The highest BCUT2D eigenvalue weighted by Crippen LogP contribution is 2.61. The molecule has 0 saturated heterocycles. The summed E-state index contributed by atoms with van der Waals surface area (Å²) < 4.78 is 13.1. The highest BCUT2D eigenvalue weighted by atomic mass is 16.5. The van der Waals surface area contributed by atoms with E-state index < -0.39 is 5.41 Å². The number of fused-ring (bicyclic) bond motifs is 3. The zero-order valence-corrected chi connectivity index (χ0v) is 24.9. The summed E-state index contributed by atoms with van der Waals surface area (Å²) in [6.45, 7) is 0.0659. The summed E-state index contributed by atoms with van der Waals surface area (Å²) in [5.74, 6) is 1.42. The van der Waals surface area contributed by atoms with E-state index in [2.05, 4.69) is 109 Å². The number of ether oxygens (including phenoxy) is 2. The van der Waals surface area contributed by atoms with Crippen LogP contribution in [-0.4, -0.2) is 36.6 Å². The van der Waals surface area contributed by atoms with E-state index >= 15 is 0 Å². The van der Waals surface area contributed by atoms with Crippen LogP contribution in [0.4, 0.5) is 0 Å². The van der Waals surface area contributed by atoms with Crippen LogP contribution in [0.5, 0.6) is 11.5 Å². The van der Waals surface area contributed by atoms with Crippen molar-refractivity contribution < 1.29 is 19.7 Å². The molecule has 0 atom stereocenters. The van der Waals surface area contributed by atoms with E-state index in [-0.39, 0.29) is 26.4 Å². The van der Waals surface area contributed by atoms with Gasteiger partial charge >= 0.3 is 0 Å². The molecule has 222 valence electrons. The standard InChI is InChI=1S/C41H34O4/c42-25-27-44-39-31(29-13-3-1-4-14-29)19-11-23-37(39)41(35-21-9-7-17-33(35)34-18-8-10-22-36(34)41)38-24-12-20-32(40(38)45-28-26-43)30-15-5-2-6-16-30/h1-24,42-43H,25-28H2. The molecule has 0 saturated carbocycles. The molecule has 0 fully saturated rings. The molecule has 4 heteroatoms. The average molecular weight is 591 g/mol. The Morgan fingerprint density at radius 3 is 1.16 bits per heavy atom. The molecule has 1 aliphatic carbocycles. The SMILES string of the molecule is OCCOc1c(-c2ccccc2)cccc1C1(c2cccc(-c3ccccc3)c2OCCO)c2ccccc2-c2ccccc21. The highest BCUT2D eigenvalue weighted by Gasteiger charge is 2.49. The van der Waals surface area contributed by atoms with Gasteiger partial charge in [0.2, 0.25) is 0 Å². The van der Waals surface area contributed by atoms with Crippen LogP contribution in [0.1, 0.15) is 22.3 Å². The zero-order chi connectivity index (χ0) is 30.6. The molecular weight excluding hydrogens is 556 g/mol. The lowest BCUT2D eigenvalue weighted by Gasteiger charge is -2.37. The molecular formula is C41H34O4. The number of benzene rings is 6. The van der Waals surface area contributed by atoms with Gasteiger partial charge in [0.15, 0.2) is 0 Å². The third kappa shape index (κ3) is 4.80. The van der Waals surface area contributed by atoms with Crippen molar-refractivity contribution in [3.05, 3.63) is 168 Å². The van der Waals surface area contributed by atoms with Crippen LogP contribution in [0.2, 0.25) is 0 Å². The van der Waals surface area contributed by atoms with E-state index in [0.29, 0.717) is 11.5 Å². The minimum absolute atomic E-state index is 0.114. The topological polar surface area (TPSA) is 58.9 Å². The van der Waals surface area contributed by atoms with E-state index in [4.69, 9.17) is 9.47 Å². The van der Waals surface area contributed by atoms with Gasteiger partial charge in [-0.1, -0.05) is 146 Å². The number of hydrogen-bond donors (Lipinski definition) is 2. The number of aliphatic hydroxyl groups excluding tert-OH is 2. The Morgan fingerprint density at radius 1 is 0.378 bits per heavy atom. The van der Waals surface area contributed by atoms with Gasteiger partial charge < -0.3 is 19.7 Å². The van der Waals surface area contributed by atoms with E-state index in [1.54, 1.807) is 0 Å². The van der Waals surface area contributed by atoms with E-state index in [0.717, 1.165) is 55.6 Å². The predicted octanol–water partition coefficient (Wildman–Crippen LogP) is 8.13. The maximum atomic E-state index is 9.98. The minimum atomic E-state index is -0.849. The van der Waals surface area contributed by atoms with Crippen LogP contribution < -0.4 is 9.47 Å². The van der Waals surface area contributed by atoms with Gasteiger partial charge in [-0.25, -0.2) is 0 Å². The first-order valence-electron chi connectivity index (χ1n) is 15.3. The predicted molar refractivity (Wildman–Crippen MR) is 180 cm³/mol. The van der Waals surface area contributed by atoms with Gasteiger partial charge in [0.1, 0.15) is 24.7 Å². The third-order valence-electron chi connectivity index (χ3n) is 8.64. The molecule has 0 amide bonds. The van der Waals surface area contributed by atoms with Crippen LogP contribution >= 0.6 is 0 Å². The summed E-state index contributed by atoms with van der Waals surface area (Å²) in [5, 5.41) is 20.0. The lowest BCUT2D eigenvalue weighted by atomic mass is 9.66. The lowest BCUT2D eigenvalue weighted by molar-refractivity contribution is 0.198. The van der Waals surface area contributed by atoms with Crippen LogP contribution in [0.25, 0.3) is 33.4 Å². The summed E-state index contributed by atoms with van der Waals surface area (Å²) in [6, 6.07) is 50.2. The van der Waals surface area contributed by atoms with E-state index in [9.17, 15) is 10.2 Å². The fraction of sp³-hybridized carbons (Fsp3) is 0.122. The van der Waals surface area contributed by atoms with Crippen molar-refractivity contribution in [3.63, 3.8) is 0 Å². The van der Waals surface area contributed by atoms with Crippen LogP contribution in [0, 0.1) is 0 Å². The molecule has 6 aromatic rings. The van der Waals surface area contributed by atoms with Crippen molar-refractivity contribution in [2.75, 3.05) is 26.4 Å². The zero-order valence-electron chi connectivity index (χ0n) is 24.9. The fourth-order valence-electron chi connectivity index (χ4n) is 6.92. The first kappa shape index (κ1) is 28.6. The van der Waals surface area contributed by atoms with Crippen LogP contribution in [0.3, 0.4) is 0 Å². The van der Waals surface area contributed by atoms with Crippen molar-refractivity contribution in [1.29, 1.82) is 0 Å². The van der Waals surface area contributed by atoms with Gasteiger partial charge in [-0.3, -0.25) is 0 Å². The summed E-state index contributed by atoms with van der Waals surface area (Å²) in [7, 11) is 0. The van der Waals surface area contributed by atoms with Gasteiger partial charge in [0.05, 0.1) is 18.6 Å². The lowest BCUT2D eigenvalue weighted by Crippen LogP contribution is -2.31. The quantitative estimate of drug-likeness (QED) is 0.169. The van der Waals surface area contributed by atoms with Gasteiger partial charge in [-0.15, -0.1) is 0 Å². The third-order valence-corrected chi connectivity index (χ3v) is 8.64. The van der Waals surface area contributed by atoms with E-state index in [1.165, 1.54) is 0 Å². The maximum absolute atomic E-state index is 9.98. The first-order chi connectivity index (χ1) is 22.3. The fourth-order valence-corrected chi connectivity index (χ4v) is 6.92. The van der Waals surface area contributed by atoms with Gasteiger partial charge in [-0.2, -0.15) is 0 Å². The van der Waals surface area contributed by atoms with Crippen molar-refractivity contribution in [3.8, 4) is 44.9 Å². The molecule has 2 N–H and O–H groups in total. The summed E-state index contributed by atoms with van der Waals surface area (Å²) in [6.07, 6.45) is 0. The molecule has 0 bridgehead atoms. The van der Waals surface area contributed by atoms with Crippen molar-refractivity contribution in [1.82, 2.24) is 0 Å². The molecule has 1 aliphatic rings. The maximum Gasteiger partial charge on any atom is 0.132 e. The molecule has 0 heterocycles. The molecule has 45 heavy (non-hydrogen) atoms. The molecule has 4 nitrogen and oxygen atoms in total. The van der Waals surface area contributed by atoms with Gasteiger partial charge in [0, 0.05) is 22.3 Å². The monoisotopic (exact) mass is 590 g/mol. The van der Waals surface area contributed by atoms with Crippen LogP contribution in [0.15, 0.2) is 146 Å². The Labute approximate surface area is 263 Å². The Morgan fingerprint density at radius 2 is 0.733 bits per heavy atom.